The highest BCUT2D eigenvalue weighted by Crippen LogP contribution is 2.56. The van der Waals surface area contributed by atoms with E-state index in [0.717, 1.165) is 12.3 Å². The lowest BCUT2D eigenvalue weighted by Gasteiger charge is -2.27. The standard InChI is InChI=1S/C18H32FP/c1-4-6-7-11-15-20(16-17(3)12-5-2)18(19)13-9-8-10-14-18/h8-10,13,17H,4-7,11-12,14-16H2,1-3H3/p+1. The van der Waals surface area contributed by atoms with Crippen LogP contribution in [0.2, 0.25) is 0 Å². The highest BCUT2D eigenvalue weighted by molar-refractivity contribution is 7.59. The van der Waals surface area contributed by atoms with Gasteiger partial charge in [-0.1, -0.05) is 58.3 Å². The quantitative estimate of drug-likeness (QED) is 0.323. The summed E-state index contributed by atoms with van der Waals surface area (Å²) in [5.74, 6) is 0.687. The molecule has 0 aromatic carbocycles. The molecule has 0 N–H and O–H groups in total. The number of allylic oxidation sites excluding steroid dienone is 4. The van der Waals surface area contributed by atoms with E-state index < -0.39 is 13.3 Å². The van der Waals surface area contributed by atoms with E-state index >= 15 is 4.39 Å². The van der Waals surface area contributed by atoms with Gasteiger partial charge < -0.3 is 0 Å². The van der Waals surface area contributed by atoms with E-state index in [1.807, 2.05) is 24.3 Å². The maximum atomic E-state index is 15.3. The van der Waals surface area contributed by atoms with Crippen molar-refractivity contribution in [2.45, 2.75) is 71.1 Å². The second-order valence-electron chi connectivity index (χ2n) is 6.37. The van der Waals surface area contributed by atoms with Crippen LogP contribution in [0, 0.1) is 5.92 Å². The van der Waals surface area contributed by atoms with Crippen molar-refractivity contribution in [3.8, 4) is 0 Å². The van der Waals surface area contributed by atoms with Crippen molar-refractivity contribution in [1.29, 1.82) is 0 Å². The summed E-state index contributed by atoms with van der Waals surface area (Å²) < 4.78 is 15.3. The van der Waals surface area contributed by atoms with Gasteiger partial charge in [0, 0.05) is 14.3 Å². The van der Waals surface area contributed by atoms with Gasteiger partial charge in [0.15, 0.2) is 0 Å². The topological polar surface area (TPSA) is 0 Å². The third-order valence-electron chi connectivity index (χ3n) is 4.32. The van der Waals surface area contributed by atoms with Gasteiger partial charge in [0.1, 0.15) is 0 Å². The van der Waals surface area contributed by atoms with E-state index in [9.17, 15) is 0 Å². The fourth-order valence-corrected chi connectivity index (χ4v) is 6.54. The molecule has 0 saturated carbocycles. The molecule has 1 aliphatic rings. The van der Waals surface area contributed by atoms with Gasteiger partial charge in [-0.25, -0.2) is 0 Å². The number of unbranched alkanes of at least 4 members (excludes halogenated alkanes) is 3. The second kappa shape index (κ2) is 9.72. The Hall–Kier alpha value is -0.160. The summed E-state index contributed by atoms with van der Waals surface area (Å²) in [6.07, 6.45) is 18.2. The second-order valence-corrected chi connectivity index (χ2v) is 9.31. The maximum Gasteiger partial charge on any atom is 0.234 e. The normalized spacial score (nSPS) is 24.8. The van der Waals surface area contributed by atoms with Gasteiger partial charge in [0.25, 0.3) is 0 Å². The summed E-state index contributed by atoms with van der Waals surface area (Å²) >= 11 is 0. The molecule has 0 radical (unpaired) electrons. The highest BCUT2D eigenvalue weighted by Gasteiger charge is 2.43. The summed E-state index contributed by atoms with van der Waals surface area (Å²) in [5.41, 5.74) is 0. The molecule has 20 heavy (non-hydrogen) atoms. The van der Waals surface area contributed by atoms with Crippen molar-refractivity contribution in [1.82, 2.24) is 0 Å². The molecule has 116 valence electrons. The van der Waals surface area contributed by atoms with Gasteiger partial charge in [0.2, 0.25) is 5.41 Å². The van der Waals surface area contributed by atoms with Crippen LogP contribution in [0.3, 0.4) is 0 Å². The van der Waals surface area contributed by atoms with Crippen molar-refractivity contribution in [3.05, 3.63) is 24.3 Å². The van der Waals surface area contributed by atoms with Crippen LogP contribution in [0.4, 0.5) is 4.39 Å². The lowest BCUT2D eigenvalue weighted by Crippen LogP contribution is -2.23. The molecule has 0 spiro atoms. The molecular weight excluding hydrogens is 266 g/mol. The van der Waals surface area contributed by atoms with E-state index in [4.69, 9.17) is 0 Å². The molecule has 0 amide bonds. The molecule has 2 heteroatoms. The summed E-state index contributed by atoms with van der Waals surface area (Å²) in [4.78, 5) is 0. The Morgan fingerprint density at radius 2 is 1.95 bits per heavy atom. The first-order chi connectivity index (χ1) is 9.62. The van der Waals surface area contributed by atoms with Crippen molar-refractivity contribution < 1.29 is 4.39 Å². The summed E-state index contributed by atoms with van der Waals surface area (Å²) in [6, 6.07) is 0. The summed E-state index contributed by atoms with van der Waals surface area (Å²) in [6.45, 7) is 6.78. The number of halogens is 1. The minimum absolute atomic E-state index is 0.615. The summed E-state index contributed by atoms with van der Waals surface area (Å²) in [5, 5.41) is -0.992. The zero-order chi connectivity index (χ0) is 14.8. The highest BCUT2D eigenvalue weighted by atomic mass is 31.1. The van der Waals surface area contributed by atoms with Crippen molar-refractivity contribution >= 4 is 7.92 Å². The van der Waals surface area contributed by atoms with Crippen molar-refractivity contribution in [3.63, 3.8) is 0 Å². The average Bonchev–Trinajstić information content (AvgIpc) is 2.43. The first kappa shape index (κ1) is 17.9. The minimum Gasteiger partial charge on any atom is -0.195 e. The van der Waals surface area contributed by atoms with Gasteiger partial charge in [-0.3, -0.25) is 0 Å². The molecule has 1 rings (SSSR count). The van der Waals surface area contributed by atoms with Crippen LogP contribution >= 0.6 is 7.92 Å². The van der Waals surface area contributed by atoms with Crippen molar-refractivity contribution in [2.75, 3.05) is 12.3 Å². The Morgan fingerprint density at radius 3 is 2.55 bits per heavy atom. The fourth-order valence-electron chi connectivity index (χ4n) is 3.12. The number of rotatable bonds is 10. The Labute approximate surface area is 126 Å². The Bertz CT molecular complexity index is 311. The third-order valence-corrected chi connectivity index (χ3v) is 8.01. The van der Waals surface area contributed by atoms with Crippen LogP contribution in [-0.2, 0) is 0 Å². The first-order valence-corrected chi connectivity index (χ1v) is 10.4. The predicted octanol–water partition coefficient (Wildman–Crippen LogP) is 6.40. The molecule has 0 heterocycles. The third kappa shape index (κ3) is 6.08. The molecule has 0 aromatic heterocycles. The molecule has 3 atom stereocenters. The van der Waals surface area contributed by atoms with Crippen LogP contribution in [0.15, 0.2) is 24.3 Å². The molecule has 0 aliphatic heterocycles. The predicted molar refractivity (Wildman–Crippen MR) is 93.0 cm³/mol. The van der Waals surface area contributed by atoms with Gasteiger partial charge in [-0.2, -0.15) is 4.39 Å². The van der Waals surface area contributed by atoms with Crippen molar-refractivity contribution in [2.24, 2.45) is 5.92 Å². The zero-order valence-electron chi connectivity index (χ0n) is 13.6. The maximum absolute atomic E-state index is 15.3. The van der Waals surface area contributed by atoms with Gasteiger partial charge in [0.05, 0.1) is 12.3 Å². The number of hydrogen-bond acceptors (Lipinski definition) is 0. The average molecular weight is 299 g/mol. The molecule has 0 saturated heterocycles. The van der Waals surface area contributed by atoms with E-state index in [-0.39, 0.29) is 0 Å². The van der Waals surface area contributed by atoms with Gasteiger partial charge >= 0.3 is 0 Å². The fraction of sp³-hybridized carbons (Fsp3) is 0.778. The Morgan fingerprint density at radius 1 is 1.15 bits per heavy atom. The first-order valence-electron chi connectivity index (χ1n) is 8.50. The molecule has 0 fully saturated rings. The van der Waals surface area contributed by atoms with Crippen LogP contribution in [0.25, 0.3) is 0 Å². The molecule has 1 aliphatic carbocycles. The lowest BCUT2D eigenvalue weighted by molar-refractivity contribution is 0.345. The molecule has 0 bridgehead atoms. The van der Waals surface area contributed by atoms with Crippen LogP contribution in [0.5, 0.6) is 0 Å². The van der Waals surface area contributed by atoms with Crippen LogP contribution in [0.1, 0.15) is 65.7 Å². The van der Waals surface area contributed by atoms with Crippen LogP contribution < -0.4 is 0 Å². The Kier molecular flexibility index (Phi) is 8.69. The number of hydrogen-bond donors (Lipinski definition) is 0. The molecular formula is C18H33FP+. The number of alkyl halides is 1. The lowest BCUT2D eigenvalue weighted by atomic mass is 10.1. The van der Waals surface area contributed by atoms with E-state index in [1.165, 1.54) is 38.5 Å². The molecule has 0 aromatic rings. The van der Waals surface area contributed by atoms with E-state index in [2.05, 4.69) is 20.8 Å². The molecule has 3 unspecified atom stereocenters. The molecule has 0 nitrogen and oxygen atoms in total. The van der Waals surface area contributed by atoms with Crippen LogP contribution in [-0.4, -0.2) is 17.7 Å². The smallest absolute Gasteiger partial charge is 0.195 e. The zero-order valence-corrected chi connectivity index (χ0v) is 14.6. The van der Waals surface area contributed by atoms with Gasteiger partial charge in [-0.15, -0.1) is 0 Å². The Balaban J connectivity index is 2.58. The monoisotopic (exact) mass is 299 g/mol. The SMILES string of the molecule is CCCCCC[PH+](CC(C)CCC)C1(F)C=CC=CC1. The van der Waals surface area contributed by atoms with E-state index in [1.54, 1.807) is 0 Å². The minimum atomic E-state index is -0.992. The largest absolute Gasteiger partial charge is 0.234 e. The van der Waals surface area contributed by atoms with Gasteiger partial charge in [-0.05, 0) is 31.3 Å². The van der Waals surface area contributed by atoms with E-state index in [0.29, 0.717) is 12.3 Å². The summed E-state index contributed by atoms with van der Waals surface area (Å²) in [7, 11) is -0.950.